The lowest BCUT2D eigenvalue weighted by Crippen LogP contribution is -2.51. The van der Waals surface area contributed by atoms with Crippen LogP contribution >= 0.6 is 0 Å². The average Bonchev–Trinajstić information content (AvgIpc) is 3.47. The molecular weight excluding hydrogens is 492 g/mol. The number of piperidine rings is 1. The zero-order valence-corrected chi connectivity index (χ0v) is 23.5. The van der Waals surface area contributed by atoms with Crippen LogP contribution in [-0.4, -0.2) is 64.9 Å². The molecule has 0 spiro atoms. The first-order chi connectivity index (χ1) is 18.7. The number of hydrogen-bond donors (Lipinski definition) is 1. The Morgan fingerprint density at radius 2 is 1.74 bits per heavy atom. The molecule has 7 nitrogen and oxygen atoms in total. The Kier molecular flexibility index (Phi) is 8.01. The molecule has 3 heterocycles. The van der Waals surface area contributed by atoms with Crippen LogP contribution in [0.2, 0.25) is 0 Å². The maximum absolute atomic E-state index is 13.4. The highest BCUT2D eigenvalue weighted by Gasteiger charge is 2.46. The lowest BCUT2D eigenvalue weighted by Gasteiger charge is -2.45. The summed E-state index contributed by atoms with van der Waals surface area (Å²) in [5.41, 5.74) is 1.44. The maximum atomic E-state index is 13.4. The minimum Gasteiger partial charge on any atom is -0.438 e. The smallest absolute Gasteiger partial charge is 0.411 e. The number of rotatable bonds is 7. The fourth-order valence-electron chi connectivity index (χ4n) is 6.53. The predicted molar refractivity (Wildman–Crippen MR) is 149 cm³/mol. The molecule has 2 aromatic carbocycles. The zero-order valence-electron chi connectivity index (χ0n) is 23.5. The van der Waals surface area contributed by atoms with Gasteiger partial charge in [0.05, 0.1) is 11.6 Å². The van der Waals surface area contributed by atoms with Crippen LogP contribution in [0.25, 0.3) is 0 Å². The van der Waals surface area contributed by atoms with Crippen LogP contribution in [0, 0.1) is 0 Å². The van der Waals surface area contributed by atoms with E-state index in [0.717, 1.165) is 49.9 Å². The van der Waals surface area contributed by atoms with Crippen molar-refractivity contribution in [2.24, 2.45) is 0 Å². The first-order valence-corrected chi connectivity index (χ1v) is 14.4. The van der Waals surface area contributed by atoms with Crippen molar-refractivity contribution < 1.29 is 24.2 Å². The van der Waals surface area contributed by atoms with Gasteiger partial charge in [-0.1, -0.05) is 54.6 Å². The number of cyclic esters (lactones) is 1. The summed E-state index contributed by atoms with van der Waals surface area (Å²) in [5, 5.41) is 10.6. The van der Waals surface area contributed by atoms with E-state index in [4.69, 9.17) is 9.47 Å². The Balaban J connectivity index is 1.21. The van der Waals surface area contributed by atoms with E-state index >= 15 is 0 Å². The molecule has 2 aromatic rings. The van der Waals surface area contributed by atoms with E-state index in [1.165, 1.54) is 5.56 Å². The topological polar surface area (TPSA) is 79.3 Å². The van der Waals surface area contributed by atoms with Gasteiger partial charge in [-0.05, 0) is 69.1 Å². The van der Waals surface area contributed by atoms with Gasteiger partial charge in [-0.3, -0.25) is 4.79 Å². The first-order valence-electron chi connectivity index (χ1n) is 14.4. The molecule has 3 aliphatic rings. The van der Waals surface area contributed by atoms with Crippen molar-refractivity contribution in [3.05, 3.63) is 71.3 Å². The number of likely N-dealkylation sites (tertiary alicyclic amines) is 1. The third kappa shape index (κ3) is 6.15. The first kappa shape index (κ1) is 27.7. The molecule has 0 aromatic heterocycles. The second-order valence-electron chi connectivity index (χ2n) is 12.1. The van der Waals surface area contributed by atoms with Crippen LogP contribution in [0.4, 0.5) is 4.79 Å². The zero-order chi connectivity index (χ0) is 27.6. The normalized spacial score (nSPS) is 25.4. The second-order valence-corrected chi connectivity index (χ2v) is 12.1. The fourth-order valence-corrected chi connectivity index (χ4v) is 6.53. The van der Waals surface area contributed by atoms with Gasteiger partial charge >= 0.3 is 6.09 Å². The molecule has 0 saturated carbocycles. The van der Waals surface area contributed by atoms with Gasteiger partial charge in [-0.25, -0.2) is 4.79 Å². The minimum atomic E-state index is -0.979. The van der Waals surface area contributed by atoms with Gasteiger partial charge in [0.15, 0.2) is 0 Å². The quantitative estimate of drug-likeness (QED) is 0.505. The summed E-state index contributed by atoms with van der Waals surface area (Å²) in [5.74, 6) is 0.582. The Labute approximate surface area is 232 Å². The van der Waals surface area contributed by atoms with Crippen molar-refractivity contribution in [2.45, 2.75) is 88.6 Å². The van der Waals surface area contributed by atoms with E-state index in [1.54, 1.807) is 18.7 Å². The average molecular weight is 535 g/mol. The van der Waals surface area contributed by atoms with Crippen LogP contribution < -0.4 is 0 Å². The molecule has 0 aliphatic carbocycles. The SMILES string of the molecule is C[C@@H](c1ccc(C2CCN(C(=O)[C@H]3CCCO3)CC2)cc1)N1CCC(CC(C)(C)O)(c2ccccc2)OC1=O. The summed E-state index contributed by atoms with van der Waals surface area (Å²) in [4.78, 5) is 29.8. The molecule has 3 atom stereocenters. The highest BCUT2D eigenvalue weighted by molar-refractivity contribution is 5.81. The van der Waals surface area contributed by atoms with Crippen molar-refractivity contribution in [1.29, 1.82) is 0 Å². The van der Waals surface area contributed by atoms with Crippen LogP contribution in [0.3, 0.4) is 0 Å². The molecule has 0 radical (unpaired) electrons. The number of ether oxygens (including phenoxy) is 2. The standard InChI is InChI=1S/C32H42N2O5/c1-23(34-20-17-32(39-30(34)36,22-31(2,3)37)27-8-5-4-6-9-27)24-11-13-25(14-12-24)26-15-18-33(19-16-26)29(35)28-10-7-21-38-28/h4-6,8-9,11-14,23,26,28,37H,7,10,15-22H2,1-3H3/t23-,28+,32?/m0/s1. The van der Waals surface area contributed by atoms with Gasteiger partial charge < -0.3 is 24.4 Å². The van der Waals surface area contributed by atoms with Gasteiger partial charge in [-0.2, -0.15) is 0 Å². The van der Waals surface area contributed by atoms with E-state index < -0.39 is 11.2 Å². The minimum absolute atomic E-state index is 0.131. The number of carbonyl (C=O) groups is 2. The molecule has 5 rings (SSSR count). The van der Waals surface area contributed by atoms with E-state index in [1.807, 2.05) is 42.2 Å². The molecule has 3 aliphatic heterocycles. The molecule has 3 saturated heterocycles. The monoisotopic (exact) mass is 534 g/mol. The van der Waals surface area contributed by atoms with Gasteiger partial charge in [0.25, 0.3) is 5.91 Å². The summed E-state index contributed by atoms with van der Waals surface area (Å²) in [6.07, 6.45) is 4.08. The van der Waals surface area contributed by atoms with E-state index in [0.29, 0.717) is 31.9 Å². The maximum Gasteiger partial charge on any atom is 0.411 e. The molecule has 0 bridgehead atoms. The van der Waals surface area contributed by atoms with Crippen molar-refractivity contribution in [3.8, 4) is 0 Å². The number of hydrogen-bond acceptors (Lipinski definition) is 5. The number of carbonyl (C=O) groups excluding carboxylic acids is 2. The Morgan fingerprint density at radius 1 is 1.05 bits per heavy atom. The third-order valence-electron chi connectivity index (χ3n) is 8.66. The van der Waals surface area contributed by atoms with Crippen LogP contribution in [0.1, 0.15) is 87.9 Å². The molecule has 1 N–H and O–H groups in total. The third-order valence-corrected chi connectivity index (χ3v) is 8.66. The largest absolute Gasteiger partial charge is 0.438 e. The fraction of sp³-hybridized carbons (Fsp3) is 0.562. The number of amides is 2. The van der Waals surface area contributed by atoms with Crippen molar-refractivity contribution in [2.75, 3.05) is 26.2 Å². The summed E-state index contributed by atoms with van der Waals surface area (Å²) in [6.45, 7) is 8.34. The lowest BCUT2D eigenvalue weighted by molar-refractivity contribution is -0.142. The Hall–Kier alpha value is -2.90. The van der Waals surface area contributed by atoms with Crippen molar-refractivity contribution in [1.82, 2.24) is 9.80 Å². The highest BCUT2D eigenvalue weighted by atomic mass is 16.6. The molecule has 1 unspecified atom stereocenters. The van der Waals surface area contributed by atoms with Gasteiger partial charge in [-0.15, -0.1) is 0 Å². The van der Waals surface area contributed by atoms with Crippen molar-refractivity contribution in [3.63, 3.8) is 0 Å². The van der Waals surface area contributed by atoms with Gasteiger partial charge in [0, 0.05) is 39.1 Å². The second kappa shape index (κ2) is 11.3. The number of nitrogens with zero attached hydrogens (tertiary/aromatic N) is 2. The molecule has 210 valence electrons. The summed E-state index contributed by atoms with van der Waals surface area (Å²) >= 11 is 0. The van der Waals surface area contributed by atoms with Gasteiger partial charge in [0.1, 0.15) is 11.7 Å². The number of aliphatic hydroxyl groups is 1. The molecule has 3 fully saturated rings. The molecule has 39 heavy (non-hydrogen) atoms. The highest BCUT2D eigenvalue weighted by Crippen LogP contribution is 2.42. The Morgan fingerprint density at radius 3 is 2.33 bits per heavy atom. The van der Waals surface area contributed by atoms with Crippen LogP contribution in [0.5, 0.6) is 0 Å². The van der Waals surface area contributed by atoms with E-state index in [2.05, 4.69) is 24.3 Å². The molecule has 7 heteroatoms. The van der Waals surface area contributed by atoms with E-state index in [-0.39, 0.29) is 24.1 Å². The lowest BCUT2D eigenvalue weighted by atomic mass is 9.80. The van der Waals surface area contributed by atoms with E-state index in [9.17, 15) is 14.7 Å². The number of benzene rings is 2. The molecule has 2 amide bonds. The summed E-state index contributed by atoms with van der Waals surface area (Å²) in [6, 6.07) is 18.2. The van der Waals surface area contributed by atoms with Crippen LogP contribution in [0.15, 0.2) is 54.6 Å². The summed E-state index contributed by atoms with van der Waals surface area (Å²) < 4.78 is 11.8. The summed E-state index contributed by atoms with van der Waals surface area (Å²) in [7, 11) is 0. The van der Waals surface area contributed by atoms with Crippen molar-refractivity contribution >= 4 is 12.0 Å². The predicted octanol–water partition coefficient (Wildman–Crippen LogP) is 5.53. The molecular formula is C32H42N2O5. The van der Waals surface area contributed by atoms with Gasteiger partial charge in [0.2, 0.25) is 0 Å². The van der Waals surface area contributed by atoms with Crippen LogP contribution in [-0.2, 0) is 19.9 Å². The Bertz CT molecular complexity index is 1130.